The average Bonchev–Trinajstić information content (AvgIpc) is 3.42. The molecular formula is C37H31Cl3N4O2. The number of nitrogens with one attached hydrogen (secondary N) is 1. The first-order valence-electron chi connectivity index (χ1n) is 15.0. The molecule has 0 saturated heterocycles. The Kier molecular flexibility index (Phi) is 8.05. The van der Waals surface area contributed by atoms with Crippen LogP contribution in [0.2, 0.25) is 15.1 Å². The number of rotatable bonds is 7. The first-order valence-corrected chi connectivity index (χ1v) is 16.1. The minimum absolute atomic E-state index is 0.0811. The van der Waals surface area contributed by atoms with Gasteiger partial charge in [0.1, 0.15) is 11.4 Å². The van der Waals surface area contributed by atoms with Crippen LogP contribution in [0.4, 0.5) is 5.69 Å². The van der Waals surface area contributed by atoms with Gasteiger partial charge in [0.2, 0.25) is 5.88 Å². The molecule has 1 N–H and O–H groups in total. The number of hydrogen-bond acceptors (Lipinski definition) is 5. The lowest BCUT2D eigenvalue weighted by atomic mass is 9.88. The SMILES string of the molecule is COc1ccc(Cn2ncc3ccc(N[C@@H]4CC(C)(C)Oc5nc(-c6ccc(Cl)cc6Cl)c(-c6ccc(Cl)cc6)cc54)cc32)cc1. The van der Waals surface area contributed by atoms with Gasteiger partial charge in [-0.2, -0.15) is 5.10 Å². The van der Waals surface area contributed by atoms with E-state index in [4.69, 9.17) is 49.3 Å². The minimum atomic E-state index is -0.471. The standard InChI is InChI=1S/C37H31Cl3N4O2/c1-37(2)19-33(42-27-12-8-24-20-41-44(34(24)17-27)21-22-4-13-28(45-3)14-5-22)31-18-30(23-6-9-25(38)10-7-23)35(43-36(31)46-37)29-15-11-26(39)16-32(29)40/h4-18,20,33,42H,19,21H2,1-3H3/t33-/m1/s1. The molecule has 232 valence electrons. The van der Waals surface area contributed by atoms with Crippen molar-refractivity contribution < 1.29 is 9.47 Å². The van der Waals surface area contributed by atoms with Gasteiger partial charge in [0.15, 0.2) is 0 Å². The fourth-order valence-electron chi connectivity index (χ4n) is 6.00. The first-order chi connectivity index (χ1) is 22.2. The van der Waals surface area contributed by atoms with Crippen molar-refractivity contribution in [2.45, 2.75) is 38.5 Å². The van der Waals surface area contributed by atoms with Gasteiger partial charge in [-0.15, -0.1) is 0 Å². The summed E-state index contributed by atoms with van der Waals surface area (Å²) in [6.07, 6.45) is 2.63. The van der Waals surface area contributed by atoms with Crippen LogP contribution in [0, 0.1) is 0 Å². The third-order valence-corrected chi connectivity index (χ3v) is 9.08. The number of fused-ring (bicyclic) bond motifs is 2. The highest BCUT2D eigenvalue weighted by Crippen LogP contribution is 2.46. The van der Waals surface area contributed by atoms with Crippen molar-refractivity contribution in [3.05, 3.63) is 123 Å². The molecule has 6 aromatic rings. The molecule has 9 heteroatoms. The summed E-state index contributed by atoms with van der Waals surface area (Å²) >= 11 is 19.3. The summed E-state index contributed by atoms with van der Waals surface area (Å²) < 4.78 is 13.9. The molecule has 0 fully saturated rings. The molecule has 0 saturated carbocycles. The fourth-order valence-corrected chi connectivity index (χ4v) is 6.63. The molecule has 46 heavy (non-hydrogen) atoms. The van der Waals surface area contributed by atoms with Crippen LogP contribution in [-0.2, 0) is 6.54 Å². The van der Waals surface area contributed by atoms with E-state index in [-0.39, 0.29) is 6.04 Å². The van der Waals surface area contributed by atoms with E-state index < -0.39 is 5.60 Å². The van der Waals surface area contributed by atoms with E-state index in [0.717, 1.165) is 56.6 Å². The van der Waals surface area contributed by atoms with Gasteiger partial charge in [0, 0.05) is 44.2 Å². The van der Waals surface area contributed by atoms with E-state index >= 15 is 0 Å². The van der Waals surface area contributed by atoms with Gasteiger partial charge in [-0.1, -0.05) is 59.1 Å². The summed E-state index contributed by atoms with van der Waals surface area (Å²) in [6.45, 7) is 4.82. The first kappa shape index (κ1) is 30.4. The van der Waals surface area contributed by atoms with Crippen LogP contribution in [0.3, 0.4) is 0 Å². The number of benzene rings is 4. The molecule has 1 aliphatic rings. The van der Waals surface area contributed by atoms with Crippen molar-refractivity contribution in [3.63, 3.8) is 0 Å². The number of pyridine rings is 1. The number of hydrogen-bond donors (Lipinski definition) is 1. The fraction of sp³-hybridized carbons (Fsp3) is 0.189. The summed E-state index contributed by atoms with van der Waals surface area (Å²) in [7, 11) is 1.67. The van der Waals surface area contributed by atoms with Gasteiger partial charge in [-0.25, -0.2) is 4.98 Å². The number of methoxy groups -OCH3 is 1. The predicted octanol–water partition coefficient (Wildman–Crippen LogP) is 10.5. The quantitative estimate of drug-likeness (QED) is 0.183. The highest BCUT2D eigenvalue weighted by Gasteiger charge is 2.36. The van der Waals surface area contributed by atoms with E-state index in [9.17, 15) is 0 Å². The van der Waals surface area contributed by atoms with Crippen LogP contribution in [0.25, 0.3) is 33.3 Å². The van der Waals surface area contributed by atoms with Crippen molar-refractivity contribution in [2.24, 2.45) is 0 Å². The number of nitrogens with zero attached hydrogens (tertiary/aromatic N) is 3. The Bertz CT molecular complexity index is 2060. The topological polar surface area (TPSA) is 61.2 Å². The summed E-state index contributed by atoms with van der Waals surface area (Å²) in [5.74, 6) is 1.40. The van der Waals surface area contributed by atoms with Gasteiger partial charge in [0.05, 0.1) is 42.1 Å². The van der Waals surface area contributed by atoms with Crippen LogP contribution >= 0.6 is 34.8 Å². The predicted molar refractivity (Wildman–Crippen MR) is 188 cm³/mol. The second-order valence-corrected chi connectivity index (χ2v) is 13.4. The monoisotopic (exact) mass is 668 g/mol. The van der Waals surface area contributed by atoms with E-state index in [0.29, 0.717) is 33.2 Å². The van der Waals surface area contributed by atoms with E-state index in [1.54, 1.807) is 13.2 Å². The Morgan fingerprint density at radius 2 is 1.65 bits per heavy atom. The van der Waals surface area contributed by atoms with Gasteiger partial charge in [-0.05, 0) is 91.7 Å². The molecule has 0 aliphatic carbocycles. The van der Waals surface area contributed by atoms with Crippen LogP contribution in [-0.4, -0.2) is 27.5 Å². The van der Waals surface area contributed by atoms with Gasteiger partial charge < -0.3 is 14.8 Å². The molecule has 3 heterocycles. The van der Waals surface area contributed by atoms with E-state index in [1.165, 1.54) is 0 Å². The molecule has 2 aromatic heterocycles. The lowest BCUT2D eigenvalue weighted by Crippen LogP contribution is -2.37. The number of anilines is 1. The Labute approximate surface area is 282 Å². The third kappa shape index (κ3) is 6.13. The largest absolute Gasteiger partial charge is 0.497 e. The molecule has 7 rings (SSSR count). The summed E-state index contributed by atoms with van der Waals surface area (Å²) in [6, 6.07) is 29.7. The minimum Gasteiger partial charge on any atom is -0.497 e. The Morgan fingerprint density at radius 1 is 0.891 bits per heavy atom. The molecule has 4 aromatic carbocycles. The highest BCUT2D eigenvalue weighted by atomic mass is 35.5. The molecule has 1 atom stereocenters. The number of ether oxygens (including phenoxy) is 2. The van der Waals surface area contributed by atoms with Crippen LogP contribution in [0.15, 0.2) is 97.2 Å². The summed E-state index contributed by atoms with van der Waals surface area (Å²) in [5.41, 5.74) is 7.02. The van der Waals surface area contributed by atoms with Crippen molar-refractivity contribution in [1.29, 1.82) is 0 Å². The molecular weight excluding hydrogens is 639 g/mol. The maximum atomic E-state index is 6.73. The van der Waals surface area contributed by atoms with Crippen molar-refractivity contribution >= 4 is 51.4 Å². The van der Waals surface area contributed by atoms with Crippen molar-refractivity contribution in [2.75, 3.05) is 12.4 Å². The highest BCUT2D eigenvalue weighted by molar-refractivity contribution is 6.36. The number of halogens is 3. The maximum absolute atomic E-state index is 6.73. The molecule has 0 unspecified atom stereocenters. The van der Waals surface area contributed by atoms with Crippen molar-refractivity contribution in [3.8, 4) is 34.0 Å². The van der Waals surface area contributed by atoms with Gasteiger partial charge in [-0.3, -0.25) is 4.68 Å². The average molecular weight is 670 g/mol. The van der Waals surface area contributed by atoms with Gasteiger partial charge in [0.25, 0.3) is 0 Å². The normalized spacial score (nSPS) is 15.3. The van der Waals surface area contributed by atoms with Crippen LogP contribution in [0.1, 0.15) is 37.4 Å². The second-order valence-electron chi connectivity index (χ2n) is 12.1. The molecule has 0 spiro atoms. The van der Waals surface area contributed by atoms with Gasteiger partial charge >= 0.3 is 0 Å². The molecule has 1 aliphatic heterocycles. The number of aromatic nitrogens is 3. The zero-order valence-electron chi connectivity index (χ0n) is 25.5. The van der Waals surface area contributed by atoms with Crippen LogP contribution in [0.5, 0.6) is 11.6 Å². The van der Waals surface area contributed by atoms with Crippen LogP contribution < -0.4 is 14.8 Å². The van der Waals surface area contributed by atoms with E-state index in [1.807, 2.05) is 59.4 Å². The summed E-state index contributed by atoms with van der Waals surface area (Å²) in [4.78, 5) is 5.13. The zero-order chi connectivity index (χ0) is 32.0. The molecule has 0 radical (unpaired) electrons. The van der Waals surface area contributed by atoms with E-state index in [2.05, 4.69) is 60.7 Å². The lowest BCUT2D eigenvalue weighted by molar-refractivity contribution is 0.0699. The lowest BCUT2D eigenvalue weighted by Gasteiger charge is -2.38. The molecule has 0 amide bonds. The Balaban J connectivity index is 1.29. The maximum Gasteiger partial charge on any atom is 0.219 e. The van der Waals surface area contributed by atoms with Crippen molar-refractivity contribution in [1.82, 2.24) is 14.8 Å². The summed E-state index contributed by atoms with van der Waals surface area (Å²) in [5, 5.41) is 11.3. The Hall–Kier alpha value is -4.23. The smallest absolute Gasteiger partial charge is 0.219 e. The Morgan fingerprint density at radius 3 is 2.39 bits per heavy atom. The molecule has 6 nitrogen and oxygen atoms in total. The molecule has 0 bridgehead atoms. The zero-order valence-corrected chi connectivity index (χ0v) is 27.8. The second kappa shape index (κ2) is 12.2. The third-order valence-electron chi connectivity index (χ3n) is 8.28.